The van der Waals surface area contributed by atoms with Crippen molar-refractivity contribution in [1.29, 1.82) is 0 Å². The third kappa shape index (κ3) is 6.95. The fraction of sp³-hybridized carbons (Fsp3) is 0.800. The van der Waals surface area contributed by atoms with E-state index in [1.807, 2.05) is 0 Å². The van der Waals surface area contributed by atoms with Crippen molar-refractivity contribution in [2.75, 3.05) is 0 Å². The molecule has 0 saturated carbocycles. The maximum absolute atomic E-state index is 11.8. The van der Waals surface area contributed by atoms with E-state index in [-0.39, 0.29) is 0 Å². The smallest absolute Gasteiger partial charge is 0.380 e. The largest absolute Gasteiger partial charge is 0.417 e. The number of allylic oxidation sites excluding steroid dienone is 1. The lowest BCUT2D eigenvalue weighted by molar-refractivity contribution is -0.187. The number of aliphatic hydroxyl groups is 1. The highest BCUT2D eigenvalue weighted by Crippen LogP contribution is 2.20. The lowest BCUT2D eigenvalue weighted by atomic mass is 10.1. The molecule has 0 aliphatic rings. The zero-order valence-corrected chi connectivity index (χ0v) is 8.35. The third-order valence-corrected chi connectivity index (χ3v) is 1.88. The van der Waals surface area contributed by atoms with E-state index in [0.717, 1.165) is 31.8 Å². The fourth-order valence-corrected chi connectivity index (χ4v) is 1.02. The first-order chi connectivity index (χ1) is 6.48. The Morgan fingerprint density at radius 3 is 2.36 bits per heavy atom. The van der Waals surface area contributed by atoms with Crippen LogP contribution < -0.4 is 0 Å². The van der Waals surface area contributed by atoms with E-state index in [4.69, 9.17) is 5.11 Å². The lowest BCUT2D eigenvalue weighted by Crippen LogP contribution is -2.25. The average molecular weight is 210 g/mol. The summed E-state index contributed by atoms with van der Waals surface area (Å²) >= 11 is 0. The second-order valence-electron chi connectivity index (χ2n) is 3.26. The van der Waals surface area contributed by atoms with E-state index in [2.05, 4.69) is 6.92 Å². The molecule has 1 atom stereocenters. The Bertz CT molecular complexity index is 163. The van der Waals surface area contributed by atoms with Crippen molar-refractivity contribution in [3.05, 3.63) is 12.2 Å². The summed E-state index contributed by atoms with van der Waals surface area (Å²) in [6.07, 6.45) is 0.101. The number of halogens is 3. The van der Waals surface area contributed by atoms with Gasteiger partial charge in [-0.2, -0.15) is 13.2 Å². The molecule has 14 heavy (non-hydrogen) atoms. The van der Waals surface area contributed by atoms with Crippen molar-refractivity contribution in [2.24, 2.45) is 0 Å². The monoisotopic (exact) mass is 210 g/mol. The van der Waals surface area contributed by atoms with Gasteiger partial charge in [0.1, 0.15) is 0 Å². The highest BCUT2D eigenvalue weighted by Gasteiger charge is 2.35. The second kappa shape index (κ2) is 6.87. The molecule has 0 rings (SSSR count). The molecule has 0 fully saturated rings. The number of hydrogen-bond acceptors (Lipinski definition) is 1. The lowest BCUT2D eigenvalue weighted by Gasteiger charge is -2.09. The van der Waals surface area contributed by atoms with Gasteiger partial charge in [-0.3, -0.25) is 0 Å². The first-order valence-corrected chi connectivity index (χ1v) is 4.90. The molecule has 1 N–H and O–H groups in total. The van der Waals surface area contributed by atoms with Crippen molar-refractivity contribution in [3.63, 3.8) is 0 Å². The first kappa shape index (κ1) is 13.5. The van der Waals surface area contributed by atoms with Crippen LogP contribution in [0.5, 0.6) is 0 Å². The summed E-state index contributed by atoms with van der Waals surface area (Å²) in [6, 6.07) is 0. The van der Waals surface area contributed by atoms with E-state index in [1.54, 1.807) is 0 Å². The summed E-state index contributed by atoms with van der Waals surface area (Å²) in [4.78, 5) is 0. The Morgan fingerprint density at radius 2 is 1.86 bits per heavy atom. The molecular formula is C10H17F3O. The maximum Gasteiger partial charge on any atom is 0.417 e. The van der Waals surface area contributed by atoms with Crippen molar-refractivity contribution >= 4 is 0 Å². The Labute approximate surface area is 82.6 Å². The van der Waals surface area contributed by atoms with Gasteiger partial charge in [0.05, 0.1) is 0 Å². The van der Waals surface area contributed by atoms with Gasteiger partial charge in [0.2, 0.25) is 0 Å². The molecule has 0 saturated heterocycles. The molecule has 0 aliphatic carbocycles. The molecular weight excluding hydrogens is 193 g/mol. The summed E-state index contributed by atoms with van der Waals surface area (Å²) in [6.45, 7) is 2.07. The van der Waals surface area contributed by atoms with E-state index in [0.29, 0.717) is 6.42 Å². The molecule has 0 aromatic heterocycles. The van der Waals surface area contributed by atoms with Crippen LogP contribution in [0.3, 0.4) is 0 Å². The van der Waals surface area contributed by atoms with Gasteiger partial charge in [0.15, 0.2) is 6.10 Å². The summed E-state index contributed by atoms with van der Waals surface area (Å²) in [5.41, 5.74) is 0. The minimum absolute atomic E-state index is 0.604. The number of aliphatic hydroxyl groups excluding tert-OH is 1. The summed E-state index contributed by atoms with van der Waals surface area (Å²) in [5.74, 6) is 0. The van der Waals surface area contributed by atoms with Crippen LogP contribution in [-0.4, -0.2) is 17.4 Å². The molecule has 4 heteroatoms. The molecule has 0 aromatic rings. The first-order valence-electron chi connectivity index (χ1n) is 4.90. The molecule has 84 valence electrons. The number of unbranched alkanes of at least 4 members (excludes halogenated alkanes) is 4. The Morgan fingerprint density at radius 1 is 1.21 bits per heavy atom. The molecule has 0 aliphatic heterocycles. The predicted molar refractivity (Wildman–Crippen MR) is 50.0 cm³/mol. The van der Waals surface area contributed by atoms with Crippen LogP contribution >= 0.6 is 0 Å². The molecule has 0 bridgehead atoms. The SMILES string of the molecule is CCCCCCC=CC(O)C(F)(F)F. The number of rotatable bonds is 6. The van der Waals surface area contributed by atoms with Gasteiger partial charge < -0.3 is 5.11 Å². The van der Waals surface area contributed by atoms with Crippen LogP contribution in [0.2, 0.25) is 0 Å². The summed E-state index contributed by atoms with van der Waals surface area (Å²) in [7, 11) is 0. The van der Waals surface area contributed by atoms with Crippen LogP contribution in [0.1, 0.15) is 39.0 Å². The molecule has 0 spiro atoms. The molecule has 0 radical (unpaired) electrons. The van der Waals surface area contributed by atoms with Crippen molar-refractivity contribution in [2.45, 2.75) is 51.3 Å². The Kier molecular flexibility index (Phi) is 6.62. The van der Waals surface area contributed by atoms with Crippen LogP contribution in [0.25, 0.3) is 0 Å². The normalized spacial score (nSPS) is 14.9. The van der Waals surface area contributed by atoms with E-state index < -0.39 is 12.3 Å². The molecule has 0 aromatic carbocycles. The predicted octanol–water partition coefficient (Wildman–Crippen LogP) is 3.44. The maximum atomic E-state index is 11.8. The molecule has 1 unspecified atom stereocenters. The van der Waals surface area contributed by atoms with Crippen molar-refractivity contribution in [3.8, 4) is 0 Å². The summed E-state index contributed by atoms with van der Waals surface area (Å²) < 4.78 is 35.3. The van der Waals surface area contributed by atoms with Crippen LogP contribution in [0, 0.1) is 0 Å². The van der Waals surface area contributed by atoms with Crippen molar-refractivity contribution < 1.29 is 18.3 Å². The average Bonchev–Trinajstić information content (AvgIpc) is 2.09. The third-order valence-electron chi connectivity index (χ3n) is 1.88. The molecule has 0 heterocycles. The Hall–Kier alpha value is -0.510. The zero-order valence-electron chi connectivity index (χ0n) is 8.35. The standard InChI is InChI=1S/C10H17F3O/c1-2-3-4-5-6-7-8-9(14)10(11,12)13/h7-9,14H,2-6H2,1H3. The van der Waals surface area contributed by atoms with Crippen LogP contribution in [0.4, 0.5) is 13.2 Å². The Balaban J connectivity index is 3.53. The topological polar surface area (TPSA) is 20.2 Å². The number of alkyl halides is 3. The highest BCUT2D eigenvalue weighted by atomic mass is 19.4. The quantitative estimate of drug-likeness (QED) is 0.526. The van der Waals surface area contributed by atoms with Gasteiger partial charge in [-0.25, -0.2) is 0 Å². The van der Waals surface area contributed by atoms with Gasteiger partial charge in [0, 0.05) is 0 Å². The minimum Gasteiger partial charge on any atom is -0.380 e. The van der Waals surface area contributed by atoms with Gasteiger partial charge >= 0.3 is 6.18 Å². The minimum atomic E-state index is -4.53. The fourth-order valence-electron chi connectivity index (χ4n) is 1.02. The zero-order chi connectivity index (χ0) is 11.0. The van der Waals surface area contributed by atoms with Gasteiger partial charge in [0.25, 0.3) is 0 Å². The van der Waals surface area contributed by atoms with E-state index >= 15 is 0 Å². The van der Waals surface area contributed by atoms with Gasteiger partial charge in [-0.15, -0.1) is 0 Å². The van der Waals surface area contributed by atoms with E-state index in [1.165, 1.54) is 6.08 Å². The molecule has 1 nitrogen and oxygen atoms in total. The molecule has 0 amide bonds. The van der Waals surface area contributed by atoms with E-state index in [9.17, 15) is 13.2 Å². The van der Waals surface area contributed by atoms with Gasteiger partial charge in [-0.05, 0) is 12.8 Å². The van der Waals surface area contributed by atoms with Crippen molar-refractivity contribution in [1.82, 2.24) is 0 Å². The van der Waals surface area contributed by atoms with Crippen LogP contribution in [0.15, 0.2) is 12.2 Å². The van der Waals surface area contributed by atoms with Gasteiger partial charge in [-0.1, -0.05) is 38.3 Å². The van der Waals surface area contributed by atoms with Crippen LogP contribution in [-0.2, 0) is 0 Å². The summed E-state index contributed by atoms with van der Waals surface area (Å²) in [5, 5.41) is 8.58. The number of hydrogen-bond donors (Lipinski definition) is 1. The highest BCUT2D eigenvalue weighted by molar-refractivity contribution is 4.92. The second-order valence-corrected chi connectivity index (χ2v) is 3.26.